The highest BCUT2D eigenvalue weighted by Crippen LogP contribution is 2.27. The van der Waals surface area contributed by atoms with E-state index in [0.29, 0.717) is 23.7 Å². The first-order chi connectivity index (χ1) is 12.2. The van der Waals surface area contributed by atoms with Crippen LogP contribution in [-0.4, -0.2) is 27.9 Å². The quantitative estimate of drug-likeness (QED) is 0.587. The number of nitrogens with two attached hydrogens (primary N) is 1. The summed E-state index contributed by atoms with van der Waals surface area (Å²) in [5.74, 6) is 0.700. The molecule has 130 valence electrons. The van der Waals surface area contributed by atoms with E-state index in [9.17, 15) is 4.79 Å². The van der Waals surface area contributed by atoms with Gasteiger partial charge in [-0.3, -0.25) is 9.89 Å². The lowest BCUT2D eigenvalue weighted by molar-refractivity contribution is -0.115. The van der Waals surface area contributed by atoms with E-state index in [1.165, 1.54) is 5.56 Å². The largest absolute Gasteiger partial charge is 0.330 e. The number of hydrogen-bond acceptors (Lipinski definition) is 4. The molecule has 0 aliphatic heterocycles. The van der Waals surface area contributed by atoms with Crippen LogP contribution < -0.4 is 11.1 Å². The van der Waals surface area contributed by atoms with Crippen molar-refractivity contribution in [2.45, 2.75) is 17.4 Å². The molecule has 0 radical (unpaired) electrons. The minimum absolute atomic E-state index is 0.0645. The third kappa shape index (κ3) is 4.54. The Bertz CT molecular complexity index is 853. The number of hydrogen-bond donors (Lipinski definition) is 3. The highest BCUT2D eigenvalue weighted by molar-refractivity contribution is 7.99. The van der Waals surface area contributed by atoms with Crippen LogP contribution in [0.15, 0.2) is 48.7 Å². The predicted octanol–water partition coefficient (Wildman–Crippen LogP) is 3.81. The van der Waals surface area contributed by atoms with Gasteiger partial charge in [-0.25, -0.2) is 0 Å². The topological polar surface area (TPSA) is 83.8 Å². The van der Waals surface area contributed by atoms with Crippen molar-refractivity contribution in [3.8, 4) is 0 Å². The van der Waals surface area contributed by atoms with Crippen LogP contribution in [0.2, 0.25) is 5.02 Å². The number of carbonyl (C=O) groups excluding carboxylic acids is 1. The fraction of sp³-hybridized carbons (Fsp3) is 0.222. The molecule has 3 aromatic rings. The maximum Gasteiger partial charge on any atom is 0.237 e. The minimum Gasteiger partial charge on any atom is -0.330 e. The predicted molar refractivity (Wildman–Crippen MR) is 105 cm³/mol. The minimum atomic E-state index is -0.218. The maximum absolute atomic E-state index is 12.7. The normalized spacial score (nSPS) is 12.2. The Morgan fingerprint density at radius 3 is 2.88 bits per heavy atom. The van der Waals surface area contributed by atoms with Gasteiger partial charge in [-0.1, -0.05) is 41.9 Å². The molecular formula is C18H19ClN4OS. The van der Waals surface area contributed by atoms with Gasteiger partial charge in [-0.05, 0) is 30.7 Å². The molecule has 25 heavy (non-hydrogen) atoms. The summed E-state index contributed by atoms with van der Waals surface area (Å²) in [6, 6.07) is 13.7. The van der Waals surface area contributed by atoms with E-state index in [2.05, 4.69) is 27.6 Å². The number of aromatic nitrogens is 2. The summed E-state index contributed by atoms with van der Waals surface area (Å²) >= 11 is 7.81. The molecule has 1 unspecified atom stereocenters. The third-order valence-electron chi connectivity index (χ3n) is 3.78. The first kappa shape index (κ1) is 17.8. The van der Waals surface area contributed by atoms with Crippen molar-refractivity contribution in [1.82, 2.24) is 10.2 Å². The van der Waals surface area contributed by atoms with Crippen LogP contribution in [0, 0.1) is 0 Å². The average molecular weight is 375 g/mol. The average Bonchev–Trinajstić information content (AvgIpc) is 3.08. The van der Waals surface area contributed by atoms with Crippen LogP contribution in [0.25, 0.3) is 10.9 Å². The Balaban J connectivity index is 1.68. The second-order valence-corrected chi connectivity index (χ2v) is 7.24. The molecule has 0 aliphatic rings. The smallest absolute Gasteiger partial charge is 0.237 e. The zero-order chi connectivity index (χ0) is 17.6. The van der Waals surface area contributed by atoms with Crippen LogP contribution in [-0.2, 0) is 10.5 Å². The molecule has 1 heterocycles. The summed E-state index contributed by atoms with van der Waals surface area (Å²) in [5.41, 5.74) is 8.29. The number of carbonyl (C=O) groups is 1. The standard InChI is InChI=1S/C18H19ClN4OS/c19-15-9-14(8-13-10-21-23-17(13)15)22-18(24)16(6-7-20)25-11-12-4-2-1-3-5-12/h1-5,8-10,16H,6-7,11,20H2,(H,21,23)(H,22,24). The lowest BCUT2D eigenvalue weighted by Crippen LogP contribution is -2.27. The molecule has 0 saturated carbocycles. The van der Waals surface area contributed by atoms with Gasteiger partial charge >= 0.3 is 0 Å². The Morgan fingerprint density at radius 1 is 1.32 bits per heavy atom. The zero-order valence-electron chi connectivity index (χ0n) is 13.5. The van der Waals surface area contributed by atoms with Crippen LogP contribution >= 0.6 is 23.4 Å². The molecule has 0 spiro atoms. The summed E-state index contributed by atoms with van der Waals surface area (Å²) in [4.78, 5) is 12.7. The van der Waals surface area contributed by atoms with Gasteiger partial charge in [0.15, 0.2) is 0 Å². The van der Waals surface area contributed by atoms with Gasteiger partial charge in [0.1, 0.15) is 0 Å². The lowest BCUT2D eigenvalue weighted by atomic mass is 10.2. The van der Waals surface area contributed by atoms with E-state index in [4.69, 9.17) is 17.3 Å². The van der Waals surface area contributed by atoms with Crippen molar-refractivity contribution in [2.75, 3.05) is 11.9 Å². The summed E-state index contributed by atoms with van der Waals surface area (Å²) in [6.07, 6.45) is 2.30. The van der Waals surface area contributed by atoms with Crippen LogP contribution in [0.3, 0.4) is 0 Å². The van der Waals surface area contributed by atoms with Crippen molar-refractivity contribution in [3.05, 3.63) is 59.2 Å². The second kappa shape index (κ2) is 8.38. The molecule has 0 bridgehead atoms. The number of H-pyrrole nitrogens is 1. The molecule has 2 aromatic carbocycles. The van der Waals surface area contributed by atoms with Crippen molar-refractivity contribution in [3.63, 3.8) is 0 Å². The van der Waals surface area contributed by atoms with E-state index in [0.717, 1.165) is 16.7 Å². The Hall–Kier alpha value is -2.02. The zero-order valence-corrected chi connectivity index (χ0v) is 15.1. The number of thioether (sulfide) groups is 1. The number of nitrogens with zero attached hydrogens (tertiary/aromatic N) is 1. The van der Waals surface area contributed by atoms with Gasteiger partial charge in [-0.15, -0.1) is 11.8 Å². The van der Waals surface area contributed by atoms with E-state index >= 15 is 0 Å². The van der Waals surface area contributed by atoms with Crippen LogP contribution in [0.1, 0.15) is 12.0 Å². The molecule has 1 atom stereocenters. The van der Waals surface area contributed by atoms with Gasteiger partial charge in [-0.2, -0.15) is 5.10 Å². The highest BCUT2D eigenvalue weighted by atomic mass is 35.5. The van der Waals surface area contributed by atoms with Crippen molar-refractivity contribution in [1.29, 1.82) is 0 Å². The second-order valence-electron chi connectivity index (χ2n) is 5.64. The van der Waals surface area contributed by atoms with Gasteiger partial charge in [0.25, 0.3) is 0 Å². The molecule has 3 rings (SSSR count). The van der Waals surface area contributed by atoms with E-state index in [1.54, 1.807) is 24.0 Å². The molecule has 4 N–H and O–H groups in total. The van der Waals surface area contributed by atoms with Crippen molar-refractivity contribution < 1.29 is 4.79 Å². The number of anilines is 1. The number of rotatable bonds is 7. The molecule has 0 aliphatic carbocycles. The monoisotopic (exact) mass is 374 g/mol. The number of benzene rings is 2. The van der Waals surface area contributed by atoms with Crippen molar-refractivity contribution >= 4 is 45.9 Å². The molecule has 1 amide bonds. The van der Waals surface area contributed by atoms with E-state index < -0.39 is 0 Å². The van der Waals surface area contributed by atoms with E-state index in [-0.39, 0.29) is 11.2 Å². The van der Waals surface area contributed by atoms with E-state index in [1.807, 2.05) is 24.3 Å². The first-order valence-electron chi connectivity index (χ1n) is 7.96. The Kier molecular flexibility index (Phi) is 5.96. The lowest BCUT2D eigenvalue weighted by Gasteiger charge is -2.16. The fourth-order valence-corrected chi connectivity index (χ4v) is 3.89. The van der Waals surface area contributed by atoms with Crippen LogP contribution in [0.4, 0.5) is 5.69 Å². The third-order valence-corrected chi connectivity index (χ3v) is 5.43. The molecule has 5 nitrogen and oxygen atoms in total. The molecule has 1 aromatic heterocycles. The van der Waals surface area contributed by atoms with Gasteiger partial charge in [0, 0.05) is 16.8 Å². The molecular weight excluding hydrogens is 356 g/mol. The number of fused-ring (bicyclic) bond motifs is 1. The van der Waals surface area contributed by atoms with Crippen molar-refractivity contribution in [2.24, 2.45) is 5.73 Å². The number of halogens is 1. The van der Waals surface area contributed by atoms with Gasteiger partial charge in [0.05, 0.1) is 22.0 Å². The molecule has 0 fully saturated rings. The SMILES string of the molecule is NCCC(SCc1ccccc1)C(=O)Nc1cc(Cl)c2[nH]ncc2c1. The van der Waals surface area contributed by atoms with Gasteiger partial charge in [0.2, 0.25) is 5.91 Å². The molecule has 7 heteroatoms. The summed E-state index contributed by atoms with van der Waals surface area (Å²) in [7, 11) is 0. The van der Waals surface area contributed by atoms with Gasteiger partial charge < -0.3 is 11.1 Å². The highest BCUT2D eigenvalue weighted by Gasteiger charge is 2.19. The summed E-state index contributed by atoms with van der Waals surface area (Å²) in [5, 5.41) is 10.9. The number of aromatic amines is 1. The number of nitrogens with one attached hydrogen (secondary N) is 2. The maximum atomic E-state index is 12.7. The fourth-order valence-electron chi connectivity index (χ4n) is 2.52. The Labute approximate surface area is 155 Å². The van der Waals surface area contributed by atoms with Crippen LogP contribution in [0.5, 0.6) is 0 Å². The molecule has 0 saturated heterocycles. The first-order valence-corrected chi connectivity index (χ1v) is 9.39. The Morgan fingerprint density at radius 2 is 2.12 bits per heavy atom. The number of amides is 1. The summed E-state index contributed by atoms with van der Waals surface area (Å²) < 4.78 is 0. The summed E-state index contributed by atoms with van der Waals surface area (Å²) in [6.45, 7) is 0.460.